The number of aromatic nitrogens is 5. The number of ether oxygens (including phenoxy) is 1. The molecule has 0 bridgehead atoms. The second kappa shape index (κ2) is 12.4. The molecule has 41 heavy (non-hydrogen) atoms. The Balaban J connectivity index is 1.01. The lowest BCUT2D eigenvalue weighted by Crippen LogP contribution is -2.50. The van der Waals surface area contributed by atoms with Gasteiger partial charge in [-0.2, -0.15) is 4.98 Å². The predicted octanol–water partition coefficient (Wildman–Crippen LogP) is 3.85. The number of esters is 1. The van der Waals surface area contributed by atoms with Crippen molar-refractivity contribution < 1.29 is 9.53 Å². The third kappa shape index (κ3) is 7.00. The van der Waals surface area contributed by atoms with Gasteiger partial charge in [0.15, 0.2) is 5.82 Å². The lowest BCUT2D eigenvalue weighted by molar-refractivity contribution is -0.158. The molecule has 6 rings (SSSR count). The van der Waals surface area contributed by atoms with Crippen molar-refractivity contribution in [2.24, 2.45) is 5.92 Å². The van der Waals surface area contributed by atoms with Gasteiger partial charge in [-0.1, -0.05) is 18.2 Å². The molecule has 2 aliphatic rings. The number of benzene rings is 1. The molecule has 5 heterocycles. The zero-order valence-corrected chi connectivity index (χ0v) is 23.0. The third-order valence-corrected chi connectivity index (χ3v) is 7.25. The fraction of sp³-hybridized carbons (Fsp3) is 0.333. The summed E-state index contributed by atoms with van der Waals surface area (Å²) in [6, 6.07) is 17.6. The monoisotopic (exact) mass is 551 g/mol. The van der Waals surface area contributed by atoms with Crippen molar-refractivity contribution in [3.63, 3.8) is 0 Å². The van der Waals surface area contributed by atoms with Crippen LogP contribution in [0.25, 0.3) is 11.5 Å². The highest BCUT2D eigenvalue weighted by molar-refractivity contribution is 5.73. The van der Waals surface area contributed by atoms with Crippen LogP contribution in [0.2, 0.25) is 0 Å². The van der Waals surface area contributed by atoms with Crippen LogP contribution in [0.1, 0.15) is 24.1 Å². The van der Waals surface area contributed by atoms with Crippen molar-refractivity contribution in [2.45, 2.75) is 32.4 Å². The van der Waals surface area contributed by atoms with Crippen LogP contribution in [0.3, 0.4) is 0 Å². The Morgan fingerprint density at radius 2 is 1.68 bits per heavy atom. The number of hydrogen-bond donors (Lipinski definition) is 3. The van der Waals surface area contributed by atoms with E-state index in [9.17, 15) is 4.79 Å². The Morgan fingerprint density at radius 1 is 0.927 bits per heavy atom. The first-order chi connectivity index (χ1) is 20.1. The molecule has 0 unspecified atom stereocenters. The van der Waals surface area contributed by atoms with E-state index in [0.29, 0.717) is 29.1 Å². The number of pyridine rings is 1. The van der Waals surface area contributed by atoms with Gasteiger partial charge in [0.25, 0.3) is 0 Å². The van der Waals surface area contributed by atoms with E-state index in [2.05, 4.69) is 57.9 Å². The van der Waals surface area contributed by atoms with Gasteiger partial charge >= 0.3 is 5.97 Å². The maximum atomic E-state index is 12.3. The molecule has 2 saturated heterocycles. The Bertz CT molecular complexity index is 1490. The number of carbonyl (C=O) groups is 1. The summed E-state index contributed by atoms with van der Waals surface area (Å²) in [4.78, 5) is 37.1. The number of hydrogen-bond acceptors (Lipinski definition) is 11. The Morgan fingerprint density at radius 3 is 2.41 bits per heavy atom. The molecular weight excluding hydrogens is 518 g/mol. The van der Waals surface area contributed by atoms with E-state index in [-0.39, 0.29) is 18.0 Å². The van der Waals surface area contributed by atoms with Crippen molar-refractivity contribution in [2.75, 3.05) is 36.8 Å². The van der Waals surface area contributed by atoms with Crippen molar-refractivity contribution >= 4 is 29.2 Å². The topological polar surface area (TPSA) is 130 Å². The van der Waals surface area contributed by atoms with Crippen LogP contribution in [-0.4, -0.2) is 68.1 Å². The molecule has 2 aliphatic heterocycles. The predicted molar refractivity (Wildman–Crippen MR) is 156 cm³/mol. The highest BCUT2D eigenvalue weighted by Crippen LogP contribution is 2.23. The van der Waals surface area contributed by atoms with E-state index in [1.807, 2.05) is 37.3 Å². The number of nitrogens with zero attached hydrogens (tertiary/aromatic N) is 6. The molecule has 3 aromatic heterocycles. The molecule has 0 aliphatic carbocycles. The van der Waals surface area contributed by atoms with E-state index in [1.165, 1.54) is 5.56 Å². The number of carbonyl (C=O) groups excluding carboxylic acids is 1. The minimum Gasteiger partial charge on any atom is -0.459 e. The van der Waals surface area contributed by atoms with Gasteiger partial charge in [-0.25, -0.2) is 19.9 Å². The number of anilines is 4. The molecular formula is C30H33N9O2. The largest absolute Gasteiger partial charge is 0.459 e. The van der Waals surface area contributed by atoms with Crippen LogP contribution in [0, 0.1) is 12.8 Å². The van der Waals surface area contributed by atoms with Crippen molar-refractivity contribution in [3.05, 3.63) is 78.2 Å². The standard InChI is InChI=1S/C30H33N9O2/c1-20-3-2-4-25(34-20)28-32-13-9-26(37-28)36-27-10-14-33-30(38-27)35-23-7-5-21(6-8-23)19-39-15-11-22(12-16-39)29(40)41-24-17-31-18-24/h2-10,13-14,22,24,31H,11-12,15-19H2,1H3,(H2,32,33,35,36,37,38). The second-order valence-corrected chi connectivity index (χ2v) is 10.4. The number of nitrogens with one attached hydrogen (secondary N) is 3. The second-order valence-electron chi connectivity index (χ2n) is 10.4. The number of likely N-dealkylation sites (tertiary alicyclic amines) is 1. The van der Waals surface area contributed by atoms with Gasteiger partial charge in [-0.15, -0.1) is 0 Å². The van der Waals surface area contributed by atoms with Gasteiger partial charge in [-0.3, -0.25) is 9.69 Å². The van der Waals surface area contributed by atoms with Gasteiger partial charge < -0.3 is 20.7 Å². The van der Waals surface area contributed by atoms with Crippen LogP contribution < -0.4 is 16.0 Å². The molecule has 0 amide bonds. The van der Waals surface area contributed by atoms with E-state index >= 15 is 0 Å². The molecule has 210 valence electrons. The number of rotatable bonds is 9. The average molecular weight is 552 g/mol. The molecule has 1 aromatic carbocycles. The highest BCUT2D eigenvalue weighted by Gasteiger charge is 2.29. The van der Waals surface area contributed by atoms with E-state index in [0.717, 1.165) is 56.9 Å². The van der Waals surface area contributed by atoms with Gasteiger partial charge in [0, 0.05) is 43.4 Å². The summed E-state index contributed by atoms with van der Waals surface area (Å²) >= 11 is 0. The lowest BCUT2D eigenvalue weighted by atomic mass is 9.96. The van der Waals surface area contributed by atoms with E-state index in [4.69, 9.17) is 4.74 Å². The smallest absolute Gasteiger partial charge is 0.309 e. The molecule has 0 spiro atoms. The minimum atomic E-state index is -0.0330. The first kappa shape index (κ1) is 26.7. The van der Waals surface area contributed by atoms with Crippen molar-refractivity contribution in [1.82, 2.24) is 35.1 Å². The summed E-state index contributed by atoms with van der Waals surface area (Å²) in [6.45, 7) is 6.14. The average Bonchev–Trinajstić information content (AvgIpc) is 2.97. The summed E-state index contributed by atoms with van der Waals surface area (Å²) in [6.07, 6.45) is 5.14. The summed E-state index contributed by atoms with van der Waals surface area (Å²) < 4.78 is 5.55. The van der Waals surface area contributed by atoms with Crippen LogP contribution in [0.5, 0.6) is 0 Å². The number of aryl methyl sites for hydroxylation is 1. The SMILES string of the molecule is Cc1cccc(-c2nccc(Nc3ccnc(Nc4ccc(CN5CCC(C(=O)OC6CNC6)CC5)cc4)n3)n2)n1. The van der Waals surface area contributed by atoms with Gasteiger partial charge in [0.2, 0.25) is 5.95 Å². The molecule has 11 nitrogen and oxygen atoms in total. The minimum absolute atomic E-state index is 0.0187. The molecule has 0 atom stereocenters. The highest BCUT2D eigenvalue weighted by atomic mass is 16.5. The normalized spacial score (nSPS) is 16.1. The van der Waals surface area contributed by atoms with Crippen LogP contribution in [0.4, 0.5) is 23.3 Å². The fourth-order valence-electron chi connectivity index (χ4n) is 4.85. The molecule has 11 heteroatoms. The summed E-state index contributed by atoms with van der Waals surface area (Å²) in [5, 5.41) is 9.63. The quantitative estimate of drug-likeness (QED) is 0.262. The maximum Gasteiger partial charge on any atom is 0.309 e. The van der Waals surface area contributed by atoms with Crippen molar-refractivity contribution in [1.29, 1.82) is 0 Å². The molecule has 4 aromatic rings. The zero-order chi connectivity index (χ0) is 28.0. The molecule has 2 fully saturated rings. The van der Waals surface area contributed by atoms with Crippen molar-refractivity contribution in [3.8, 4) is 11.5 Å². The molecule has 0 saturated carbocycles. The van der Waals surface area contributed by atoms with E-state index < -0.39 is 0 Å². The van der Waals surface area contributed by atoms with Crippen LogP contribution in [0.15, 0.2) is 67.0 Å². The summed E-state index contributed by atoms with van der Waals surface area (Å²) in [7, 11) is 0. The van der Waals surface area contributed by atoms with Gasteiger partial charge in [0.1, 0.15) is 23.4 Å². The van der Waals surface area contributed by atoms with Crippen LogP contribution in [-0.2, 0) is 16.1 Å². The maximum absolute atomic E-state index is 12.3. The lowest BCUT2D eigenvalue weighted by Gasteiger charge is -2.33. The Hall–Kier alpha value is -4.48. The Labute approximate surface area is 238 Å². The van der Waals surface area contributed by atoms with Crippen LogP contribution >= 0.6 is 0 Å². The van der Waals surface area contributed by atoms with Gasteiger partial charge in [-0.05, 0) is 74.8 Å². The first-order valence-corrected chi connectivity index (χ1v) is 13.9. The summed E-state index contributed by atoms with van der Waals surface area (Å²) in [5.74, 6) is 2.23. The van der Waals surface area contributed by atoms with Gasteiger partial charge in [0.05, 0.1) is 5.92 Å². The fourth-order valence-corrected chi connectivity index (χ4v) is 4.85. The molecule has 3 N–H and O–H groups in total. The first-order valence-electron chi connectivity index (χ1n) is 13.9. The van der Waals surface area contributed by atoms with E-state index in [1.54, 1.807) is 24.5 Å². The Kier molecular flexibility index (Phi) is 8.06. The summed E-state index contributed by atoms with van der Waals surface area (Å²) in [5.41, 5.74) is 3.74. The third-order valence-electron chi connectivity index (χ3n) is 7.25. The molecule has 0 radical (unpaired) electrons. The zero-order valence-electron chi connectivity index (χ0n) is 23.0. The number of piperidine rings is 1.